The monoisotopic (exact) mass is 252 g/mol. The van der Waals surface area contributed by atoms with Gasteiger partial charge in [-0.2, -0.15) is 4.55 Å². The zero-order valence-corrected chi connectivity index (χ0v) is 10.9. The van der Waals surface area contributed by atoms with Crippen molar-refractivity contribution in [1.82, 2.24) is 15.8 Å². The van der Waals surface area contributed by atoms with Gasteiger partial charge in [-0.15, -0.1) is 0 Å². The summed E-state index contributed by atoms with van der Waals surface area (Å²) in [7, 11) is 1.03. The van der Waals surface area contributed by atoms with Crippen LogP contribution in [0.5, 0.6) is 0 Å². The molecule has 15 heavy (non-hydrogen) atoms. The molecular formula is C8H18N3O2S2+. The van der Waals surface area contributed by atoms with E-state index in [1.165, 1.54) is 0 Å². The third-order valence-electron chi connectivity index (χ3n) is 2.26. The van der Waals surface area contributed by atoms with Crippen LogP contribution in [-0.2, 0) is 14.4 Å². The third kappa shape index (κ3) is 4.02. The minimum atomic E-state index is -2.64. The quantitative estimate of drug-likeness (QED) is 0.367. The Labute approximate surface area is 96.8 Å². The molecule has 1 aliphatic heterocycles. The fourth-order valence-corrected chi connectivity index (χ4v) is 4.19. The fourth-order valence-electron chi connectivity index (χ4n) is 1.63. The zero-order valence-electron chi connectivity index (χ0n) is 9.24. The zero-order chi connectivity index (χ0) is 11.7. The number of hydrogen-bond donors (Lipinski definition) is 3. The summed E-state index contributed by atoms with van der Waals surface area (Å²) in [6.45, 7) is 1.92. The van der Waals surface area contributed by atoms with E-state index in [4.69, 9.17) is 12.2 Å². The van der Waals surface area contributed by atoms with Gasteiger partial charge in [0.2, 0.25) is 10.2 Å². The van der Waals surface area contributed by atoms with Crippen LogP contribution in [0.4, 0.5) is 0 Å². The van der Waals surface area contributed by atoms with Crippen molar-refractivity contribution in [3.8, 4) is 0 Å². The van der Waals surface area contributed by atoms with Crippen LogP contribution in [0, 0.1) is 0 Å². The molecule has 0 spiro atoms. The highest BCUT2D eigenvalue weighted by atomic mass is 32.3. The number of nitrogens with one attached hydrogen (secondary N) is 2. The molecule has 88 valence electrons. The summed E-state index contributed by atoms with van der Waals surface area (Å²) in [4.78, 5) is 0. The lowest BCUT2D eigenvalue weighted by atomic mass is 10.0. The van der Waals surface area contributed by atoms with Crippen molar-refractivity contribution in [3.63, 3.8) is 0 Å². The molecular weight excluding hydrogens is 234 g/mol. The second kappa shape index (κ2) is 4.32. The summed E-state index contributed by atoms with van der Waals surface area (Å²) < 4.78 is 20.9. The van der Waals surface area contributed by atoms with Crippen LogP contribution in [0.2, 0.25) is 0 Å². The molecule has 1 aliphatic rings. The van der Waals surface area contributed by atoms with Crippen LogP contribution in [0.25, 0.3) is 0 Å². The molecule has 1 fully saturated rings. The first-order chi connectivity index (χ1) is 6.72. The molecule has 1 unspecified atom stereocenters. The lowest BCUT2D eigenvalue weighted by Gasteiger charge is -2.25. The van der Waals surface area contributed by atoms with Gasteiger partial charge < -0.3 is 5.32 Å². The van der Waals surface area contributed by atoms with Gasteiger partial charge in [-0.25, -0.2) is 5.01 Å². The number of nitrogens with zero attached hydrogens (tertiary/aromatic N) is 1. The van der Waals surface area contributed by atoms with Crippen molar-refractivity contribution in [2.24, 2.45) is 0 Å². The topological polar surface area (TPSA) is 64.6 Å². The van der Waals surface area contributed by atoms with E-state index in [0.717, 1.165) is 0 Å². The van der Waals surface area contributed by atoms with Gasteiger partial charge in [0, 0.05) is 20.5 Å². The molecule has 0 aromatic heterocycles. The fraction of sp³-hybridized carbons (Fsp3) is 0.875. The predicted octanol–water partition coefficient (Wildman–Crippen LogP) is 0.0620. The van der Waals surface area contributed by atoms with Crippen molar-refractivity contribution >= 4 is 27.5 Å². The van der Waals surface area contributed by atoms with Gasteiger partial charge in [0.05, 0.1) is 5.54 Å². The summed E-state index contributed by atoms with van der Waals surface area (Å²) in [6, 6.07) is 0. The lowest BCUT2D eigenvalue weighted by Crippen LogP contribution is -2.53. The molecule has 2 atom stereocenters. The summed E-state index contributed by atoms with van der Waals surface area (Å²) in [5.41, 5.74) is 2.53. The van der Waals surface area contributed by atoms with Gasteiger partial charge in [-0.3, -0.25) is 5.43 Å². The van der Waals surface area contributed by atoms with Gasteiger partial charge in [0.15, 0.2) is 10.9 Å². The van der Waals surface area contributed by atoms with Crippen molar-refractivity contribution < 1.29 is 8.76 Å². The van der Waals surface area contributed by atoms with E-state index >= 15 is 0 Å². The van der Waals surface area contributed by atoms with E-state index in [-0.39, 0.29) is 11.3 Å². The van der Waals surface area contributed by atoms with Gasteiger partial charge in [0.25, 0.3) is 0 Å². The second-order valence-corrected chi connectivity index (χ2v) is 7.04. The Morgan fingerprint density at radius 2 is 2.20 bits per heavy atom. The minimum absolute atomic E-state index is 0.259. The maximum absolute atomic E-state index is 11.4. The molecule has 0 amide bonds. The molecule has 1 heterocycles. The number of thiocarbonyl (C=S) groups is 1. The molecule has 1 rings (SSSR count). The first-order valence-electron chi connectivity index (χ1n) is 4.71. The highest BCUT2D eigenvalue weighted by Crippen LogP contribution is 2.26. The van der Waals surface area contributed by atoms with E-state index < -0.39 is 10.2 Å². The average Bonchev–Trinajstić information content (AvgIpc) is 2.22. The second-order valence-electron chi connectivity index (χ2n) is 4.39. The van der Waals surface area contributed by atoms with E-state index in [0.29, 0.717) is 17.3 Å². The Kier molecular flexibility index (Phi) is 3.70. The largest absolute Gasteiger partial charge is 0.351 e. The molecule has 1 saturated heterocycles. The normalized spacial score (nSPS) is 35.5. The highest BCUT2D eigenvalue weighted by Gasteiger charge is 2.47. The number of hydrazine groups is 1. The molecule has 0 aromatic rings. The smallest absolute Gasteiger partial charge is 0.216 e. The van der Waals surface area contributed by atoms with Crippen LogP contribution in [0.3, 0.4) is 0 Å². The van der Waals surface area contributed by atoms with E-state index in [1.54, 1.807) is 5.01 Å². The molecule has 0 bridgehead atoms. The number of rotatable bonds is 2. The Hall–Kier alpha value is -0.240. The third-order valence-corrected chi connectivity index (χ3v) is 4.38. The number of hydrogen-bond acceptors (Lipinski definition) is 3. The van der Waals surface area contributed by atoms with Gasteiger partial charge in [-0.05, 0) is 19.1 Å². The van der Waals surface area contributed by atoms with E-state index in [9.17, 15) is 8.76 Å². The lowest BCUT2D eigenvalue weighted by molar-refractivity contribution is 0.349. The first-order valence-corrected chi connectivity index (χ1v) is 6.97. The molecule has 0 saturated carbocycles. The standard InChI is InChI=1S/C8H17N3O2S2/c1-8(4-5-15(12,13)6-8)9-7(14)10-11(2)3/h4-6H2,1-3H3,(H2-,9,10,12,13,14)/p+1/t8-/m1/s1. The Bertz CT molecular complexity index is 308. The maximum Gasteiger partial charge on any atom is 0.216 e. The van der Waals surface area contributed by atoms with Crippen LogP contribution in [-0.4, -0.2) is 45.8 Å². The van der Waals surface area contributed by atoms with Crippen molar-refractivity contribution in [2.45, 2.75) is 18.9 Å². The van der Waals surface area contributed by atoms with Crippen LogP contribution < -0.4 is 10.7 Å². The van der Waals surface area contributed by atoms with Crippen LogP contribution in [0.1, 0.15) is 13.3 Å². The highest BCUT2D eigenvalue weighted by molar-refractivity contribution is 7.98. The molecule has 3 N–H and O–H groups in total. The summed E-state index contributed by atoms with van der Waals surface area (Å²) in [5, 5.41) is 5.29. The summed E-state index contributed by atoms with van der Waals surface area (Å²) in [6.07, 6.45) is 0.664. The first kappa shape index (κ1) is 12.8. The molecule has 0 aliphatic carbocycles. The van der Waals surface area contributed by atoms with Gasteiger partial charge >= 0.3 is 0 Å². The minimum Gasteiger partial charge on any atom is -0.351 e. The van der Waals surface area contributed by atoms with Crippen LogP contribution in [0.15, 0.2) is 0 Å². The van der Waals surface area contributed by atoms with Crippen molar-refractivity contribution in [1.29, 1.82) is 0 Å². The molecule has 0 radical (unpaired) electrons. The predicted molar refractivity (Wildman–Crippen MR) is 66.0 cm³/mol. The van der Waals surface area contributed by atoms with E-state index in [2.05, 4.69) is 10.7 Å². The molecule has 7 heteroatoms. The Balaban J connectivity index is 2.52. The van der Waals surface area contributed by atoms with Gasteiger partial charge in [-0.1, -0.05) is 4.21 Å². The Morgan fingerprint density at radius 1 is 1.60 bits per heavy atom. The summed E-state index contributed by atoms with van der Waals surface area (Å²) >= 11 is 5.08. The van der Waals surface area contributed by atoms with Gasteiger partial charge in [0.1, 0.15) is 5.75 Å². The van der Waals surface area contributed by atoms with Crippen molar-refractivity contribution in [2.75, 3.05) is 25.6 Å². The Morgan fingerprint density at radius 3 is 2.60 bits per heavy atom. The maximum atomic E-state index is 11.4. The molecule has 0 aromatic carbocycles. The SMILES string of the molecule is CN(C)NC(=S)N[C@]1(C)CC[S+](=O)(O)C1. The van der Waals surface area contributed by atoms with Crippen LogP contribution >= 0.6 is 12.2 Å². The summed E-state index contributed by atoms with van der Waals surface area (Å²) in [5.74, 6) is 0.607. The van der Waals surface area contributed by atoms with Crippen molar-refractivity contribution in [3.05, 3.63) is 0 Å². The van der Waals surface area contributed by atoms with E-state index in [1.807, 2.05) is 21.0 Å². The molecule has 5 nitrogen and oxygen atoms in total. The average molecular weight is 252 g/mol.